The van der Waals surface area contributed by atoms with Crippen LogP contribution in [0, 0.1) is 0 Å². The maximum absolute atomic E-state index is 12.7. The number of rotatable bonds is 5. The van der Waals surface area contributed by atoms with Gasteiger partial charge in [-0.05, 0) is 42.2 Å². The van der Waals surface area contributed by atoms with Crippen molar-refractivity contribution in [2.75, 3.05) is 12.3 Å². The highest BCUT2D eigenvalue weighted by molar-refractivity contribution is 5.94. The maximum Gasteiger partial charge on any atom is 0.416 e. The van der Waals surface area contributed by atoms with E-state index in [0.29, 0.717) is 29.8 Å². The van der Waals surface area contributed by atoms with Gasteiger partial charge in [-0.1, -0.05) is 31.2 Å². The molecule has 0 radical (unpaired) electrons. The Morgan fingerprint density at radius 2 is 1.84 bits per heavy atom. The molecule has 25 heavy (non-hydrogen) atoms. The highest BCUT2D eigenvalue weighted by Gasteiger charge is 2.30. The molecule has 0 fully saturated rings. The van der Waals surface area contributed by atoms with Crippen LogP contribution < -0.4 is 11.1 Å². The van der Waals surface area contributed by atoms with Crippen LogP contribution in [0.15, 0.2) is 48.5 Å². The fraction of sp³-hybridized carbons (Fsp3) is 0.278. The number of nitrogen functional groups attached to an aromatic ring is 1. The first-order valence-corrected chi connectivity index (χ1v) is 7.58. The zero-order valence-electron chi connectivity index (χ0n) is 13.6. The summed E-state index contributed by atoms with van der Waals surface area (Å²) in [5.41, 5.74) is 6.53. The van der Waals surface area contributed by atoms with Gasteiger partial charge in [0.1, 0.15) is 0 Å². The second-order valence-electron chi connectivity index (χ2n) is 5.69. The van der Waals surface area contributed by atoms with Crippen LogP contribution in [0.5, 0.6) is 0 Å². The smallest absolute Gasteiger partial charge is 0.399 e. The second-order valence-corrected chi connectivity index (χ2v) is 5.69. The molecule has 3 N–H and O–H groups in total. The molecule has 1 amide bonds. The standard InChI is InChI=1S/C18H19F3N2O.ClH/c1-12(13-4-2-6-15(10-13)18(19,20)21)8-9-23-17(24)14-5-3-7-16(22)11-14;/h2-7,10-12H,8-9,22H2,1H3,(H,23,24);1H. The molecular weight excluding hydrogens is 353 g/mol. The van der Waals surface area contributed by atoms with Crippen LogP contribution in [0.3, 0.4) is 0 Å². The van der Waals surface area contributed by atoms with Crippen molar-refractivity contribution in [2.45, 2.75) is 25.4 Å². The van der Waals surface area contributed by atoms with E-state index in [4.69, 9.17) is 5.73 Å². The summed E-state index contributed by atoms with van der Waals surface area (Å²) in [6.07, 6.45) is -3.81. The van der Waals surface area contributed by atoms with Crippen LogP contribution in [0.25, 0.3) is 0 Å². The van der Waals surface area contributed by atoms with Crippen molar-refractivity contribution >= 4 is 24.0 Å². The second kappa shape index (κ2) is 8.76. The van der Waals surface area contributed by atoms with E-state index in [1.807, 2.05) is 6.92 Å². The van der Waals surface area contributed by atoms with Gasteiger partial charge in [-0.15, -0.1) is 12.4 Å². The molecule has 0 aromatic heterocycles. The molecule has 7 heteroatoms. The summed E-state index contributed by atoms with van der Waals surface area (Å²) in [5.74, 6) is -0.355. The fourth-order valence-electron chi connectivity index (χ4n) is 2.37. The van der Waals surface area contributed by atoms with Crippen LogP contribution in [-0.4, -0.2) is 12.5 Å². The van der Waals surface area contributed by atoms with Gasteiger partial charge < -0.3 is 11.1 Å². The number of hydrogen-bond donors (Lipinski definition) is 2. The number of alkyl halides is 3. The average Bonchev–Trinajstić information content (AvgIpc) is 2.54. The Labute approximate surface area is 150 Å². The Balaban J connectivity index is 0.00000312. The van der Waals surface area contributed by atoms with Crippen LogP contribution in [-0.2, 0) is 6.18 Å². The molecule has 2 aromatic carbocycles. The van der Waals surface area contributed by atoms with Gasteiger partial charge in [-0.3, -0.25) is 4.79 Å². The molecule has 0 bridgehead atoms. The van der Waals surface area contributed by atoms with Gasteiger partial charge >= 0.3 is 6.18 Å². The quantitative estimate of drug-likeness (QED) is 0.751. The molecule has 0 spiro atoms. The highest BCUT2D eigenvalue weighted by Crippen LogP contribution is 2.31. The molecule has 3 nitrogen and oxygen atoms in total. The van der Waals surface area contributed by atoms with E-state index in [1.165, 1.54) is 6.07 Å². The van der Waals surface area contributed by atoms with Gasteiger partial charge in [0.15, 0.2) is 0 Å². The molecule has 1 atom stereocenters. The number of carbonyl (C=O) groups excluding carboxylic acids is 1. The summed E-state index contributed by atoms with van der Waals surface area (Å²) in [6.45, 7) is 2.20. The van der Waals surface area contributed by atoms with Gasteiger partial charge in [0.25, 0.3) is 5.91 Å². The Morgan fingerprint density at radius 1 is 1.16 bits per heavy atom. The first-order valence-electron chi connectivity index (χ1n) is 7.58. The monoisotopic (exact) mass is 372 g/mol. The van der Waals surface area contributed by atoms with Crippen molar-refractivity contribution in [1.82, 2.24) is 5.32 Å². The van der Waals surface area contributed by atoms with Crippen molar-refractivity contribution in [3.05, 3.63) is 65.2 Å². The highest BCUT2D eigenvalue weighted by atomic mass is 35.5. The summed E-state index contributed by atoms with van der Waals surface area (Å²) in [6, 6.07) is 11.9. The zero-order chi connectivity index (χ0) is 17.7. The summed E-state index contributed by atoms with van der Waals surface area (Å²) in [5, 5.41) is 2.75. The Kier molecular flexibility index (Phi) is 7.30. The third-order valence-corrected chi connectivity index (χ3v) is 3.79. The number of carbonyl (C=O) groups is 1. The summed E-state index contributed by atoms with van der Waals surface area (Å²) in [4.78, 5) is 12.0. The molecule has 0 aliphatic heterocycles. The van der Waals surface area contributed by atoms with Gasteiger partial charge in [0, 0.05) is 17.8 Å². The zero-order valence-corrected chi connectivity index (χ0v) is 14.5. The lowest BCUT2D eigenvalue weighted by molar-refractivity contribution is -0.137. The Hall–Kier alpha value is -2.21. The largest absolute Gasteiger partial charge is 0.416 e. The number of benzene rings is 2. The van der Waals surface area contributed by atoms with Crippen molar-refractivity contribution in [3.8, 4) is 0 Å². The predicted molar refractivity (Wildman–Crippen MR) is 94.9 cm³/mol. The normalized spacial score (nSPS) is 12.2. The lowest BCUT2D eigenvalue weighted by Gasteiger charge is -2.15. The molecule has 0 aliphatic carbocycles. The first-order chi connectivity index (χ1) is 11.3. The van der Waals surface area contributed by atoms with E-state index in [0.717, 1.165) is 12.1 Å². The first kappa shape index (κ1) is 20.8. The minimum Gasteiger partial charge on any atom is -0.399 e. The van der Waals surface area contributed by atoms with Crippen molar-refractivity contribution in [1.29, 1.82) is 0 Å². The van der Waals surface area contributed by atoms with E-state index in [9.17, 15) is 18.0 Å². The summed E-state index contributed by atoms with van der Waals surface area (Å²) >= 11 is 0. The molecule has 2 aromatic rings. The van der Waals surface area contributed by atoms with Crippen LogP contribution in [0.4, 0.5) is 18.9 Å². The average molecular weight is 373 g/mol. The van der Waals surface area contributed by atoms with Gasteiger partial charge in [-0.2, -0.15) is 13.2 Å². The number of amides is 1. The topological polar surface area (TPSA) is 55.1 Å². The molecule has 0 heterocycles. The predicted octanol–water partition coefficient (Wildman–Crippen LogP) is 4.63. The summed E-state index contributed by atoms with van der Waals surface area (Å²) in [7, 11) is 0. The lowest BCUT2D eigenvalue weighted by atomic mass is 9.96. The number of nitrogens with one attached hydrogen (secondary N) is 1. The van der Waals surface area contributed by atoms with Crippen molar-refractivity contribution in [2.24, 2.45) is 0 Å². The maximum atomic E-state index is 12.7. The number of halogens is 4. The molecule has 2 rings (SSSR count). The van der Waals surface area contributed by atoms with Crippen LogP contribution >= 0.6 is 12.4 Å². The Bertz CT molecular complexity index is 719. The summed E-state index contributed by atoms with van der Waals surface area (Å²) < 4.78 is 38.2. The SMILES string of the molecule is CC(CCNC(=O)c1cccc(N)c1)c1cccc(C(F)(F)F)c1.Cl. The third kappa shape index (κ3) is 5.98. The molecular formula is C18H20ClF3N2O. The molecule has 0 saturated carbocycles. The molecule has 0 saturated heterocycles. The van der Waals surface area contributed by atoms with E-state index in [1.54, 1.807) is 30.3 Å². The molecule has 0 aliphatic rings. The minimum absolute atomic E-state index is 0. The van der Waals surface area contributed by atoms with Gasteiger partial charge in [0.2, 0.25) is 0 Å². The van der Waals surface area contributed by atoms with E-state index in [2.05, 4.69) is 5.32 Å². The number of anilines is 1. The molecule has 1 unspecified atom stereocenters. The van der Waals surface area contributed by atoms with E-state index < -0.39 is 11.7 Å². The lowest BCUT2D eigenvalue weighted by Crippen LogP contribution is -2.25. The van der Waals surface area contributed by atoms with E-state index in [-0.39, 0.29) is 24.2 Å². The molecule has 136 valence electrons. The Morgan fingerprint density at radius 3 is 2.48 bits per heavy atom. The van der Waals surface area contributed by atoms with Crippen LogP contribution in [0.2, 0.25) is 0 Å². The van der Waals surface area contributed by atoms with Crippen molar-refractivity contribution < 1.29 is 18.0 Å². The van der Waals surface area contributed by atoms with Gasteiger partial charge in [-0.25, -0.2) is 0 Å². The number of nitrogens with two attached hydrogens (primary N) is 1. The number of hydrogen-bond acceptors (Lipinski definition) is 2. The fourth-order valence-corrected chi connectivity index (χ4v) is 2.37. The van der Waals surface area contributed by atoms with Crippen LogP contribution in [0.1, 0.15) is 40.7 Å². The third-order valence-electron chi connectivity index (χ3n) is 3.79. The minimum atomic E-state index is -4.35. The van der Waals surface area contributed by atoms with Crippen molar-refractivity contribution in [3.63, 3.8) is 0 Å². The van der Waals surface area contributed by atoms with Gasteiger partial charge in [0.05, 0.1) is 5.56 Å². The van der Waals surface area contributed by atoms with E-state index >= 15 is 0 Å².